The third-order valence-corrected chi connectivity index (χ3v) is 4.39. The lowest BCUT2D eigenvalue weighted by molar-refractivity contribution is 0.515. The van der Waals surface area contributed by atoms with E-state index in [9.17, 15) is 10.5 Å². The fourth-order valence-electron chi connectivity index (χ4n) is 2.72. The van der Waals surface area contributed by atoms with Gasteiger partial charge in [-0.3, -0.25) is 0 Å². The van der Waals surface area contributed by atoms with Crippen molar-refractivity contribution in [2.75, 3.05) is 0 Å². The number of nitrogens with zero attached hydrogens (tertiary/aromatic N) is 4. The summed E-state index contributed by atoms with van der Waals surface area (Å²) >= 11 is 0. The molecule has 0 aliphatic rings. The van der Waals surface area contributed by atoms with Crippen molar-refractivity contribution in [3.63, 3.8) is 0 Å². The van der Waals surface area contributed by atoms with Crippen molar-refractivity contribution in [2.24, 2.45) is 11.3 Å². The second kappa shape index (κ2) is 10.5. The van der Waals surface area contributed by atoms with Gasteiger partial charge in [0, 0.05) is 5.92 Å². The molecule has 1 aromatic carbocycles. The zero-order valence-corrected chi connectivity index (χ0v) is 15.2. The van der Waals surface area contributed by atoms with Crippen molar-refractivity contribution >= 4 is 0 Å². The molecule has 26 heavy (non-hydrogen) atoms. The van der Waals surface area contributed by atoms with Crippen LogP contribution in [-0.2, 0) is 0 Å². The van der Waals surface area contributed by atoms with Crippen LogP contribution in [0, 0.1) is 56.7 Å². The third-order valence-electron chi connectivity index (χ3n) is 4.39. The predicted molar refractivity (Wildman–Crippen MR) is 100.0 cm³/mol. The van der Waals surface area contributed by atoms with Crippen LogP contribution in [0.25, 0.3) is 0 Å². The van der Waals surface area contributed by atoms with Crippen LogP contribution in [0.5, 0.6) is 0 Å². The molecule has 1 rings (SSSR count). The average molecular weight is 342 g/mol. The topological polar surface area (TPSA) is 95.2 Å². The van der Waals surface area contributed by atoms with E-state index in [1.165, 1.54) is 0 Å². The molecule has 0 N–H and O–H groups in total. The van der Waals surface area contributed by atoms with Crippen molar-refractivity contribution in [2.45, 2.75) is 39.0 Å². The standard InChI is InChI=1S/C22H22N4/c1-3-4-12-21(13-8-9-19(14-23)15-24)22(16-25,17-26)18(2)20-10-6-5-7-11-20/h5-8,10-13,18-19H,3-4,9H2,1-2H3/b13-8-,21-12+. The molecule has 0 saturated heterocycles. The van der Waals surface area contributed by atoms with Crippen LogP contribution in [0.15, 0.2) is 54.1 Å². The van der Waals surface area contributed by atoms with Gasteiger partial charge in [0.05, 0.1) is 24.3 Å². The number of benzene rings is 1. The largest absolute Gasteiger partial charge is 0.197 e. The van der Waals surface area contributed by atoms with Crippen molar-refractivity contribution in [3.8, 4) is 24.3 Å². The highest BCUT2D eigenvalue weighted by Crippen LogP contribution is 2.42. The number of allylic oxidation sites excluding steroid dienone is 4. The Bertz CT molecular complexity index is 779. The number of rotatable bonds is 8. The van der Waals surface area contributed by atoms with Gasteiger partial charge in [0.15, 0.2) is 5.41 Å². The van der Waals surface area contributed by atoms with Crippen LogP contribution in [0.4, 0.5) is 0 Å². The average Bonchev–Trinajstić information content (AvgIpc) is 2.70. The summed E-state index contributed by atoms with van der Waals surface area (Å²) in [4.78, 5) is 0. The lowest BCUT2D eigenvalue weighted by atomic mass is 9.69. The number of hydrogen-bond donors (Lipinski definition) is 0. The van der Waals surface area contributed by atoms with Crippen LogP contribution >= 0.6 is 0 Å². The molecule has 0 radical (unpaired) electrons. The molecule has 1 aromatic rings. The Labute approximate surface area is 155 Å². The van der Waals surface area contributed by atoms with Gasteiger partial charge in [-0.2, -0.15) is 21.0 Å². The molecule has 0 aliphatic carbocycles. The number of hydrogen-bond acceptors (Lipinski definition) is 4. The first-order valence-corrected chi connectivity index (χ1v) is 8.63. The van der Waals surface area contributed by atoms with Gasteiger partial charge in [-0.05, 0) is 24.0 Å². The van der Waals surface area contributed by atoms with Crippen LogP contribution in [-0.4, -0.2) is 0 Å². The zero-order valence-electron chi connectivity index (χ0n) is 15.2. The van der Waals surface area contributed by atoms with Crippen molar-refractivity contribution in [1.29, 1.82) is 21.0 Å². The SMILES string of the molecule is CCC/C=C(\C=C/CC(C#N)C#N)C(C#N)(C#N)C(C)c1ccccc1. The number of nitriles is 4. The molecule has 0 bridgehead atoms. The molecule has 0 amide bonds. The minimum absolute atomic E-state index is 0.267. The minimum Gasteiger partial charge on any atom is -0.197 e. The Balaban J connectivity index is 3.32. The second-order valence-corrected chi connectivity index (χ2v) is 6.06. The molecular weight excluding hydrogens is 320 g/mol. The van der Waals surface area contributed by atoms with E-state index >= 15 is 0 Å². The number of unbranched alkanes of at least 4 members (excludes halogenated alkanes) is 1. The van der Waals surface area contributed by atoms with Gasteiger partial charge in [0.1, 0.15) is 5.92 Å². The summed E-state index contributed by atoms with van der Waals surface area (Å²) in [5.41, 5.74) is 0.204. The van der Waals surface area contributed by atoms with Crippen LogP contribution in [0.1, 0.15) is 44.6 Å². The predicted octanol–water partition coefficient (Wildman–Crippen LogP) is 5.16. The summed E-state index contributed by atoms with van der Waals surface area (Å²) in [5.74, 6) is -1.06. The maximum atomic E-state index is 9.93. The highest BCUT2D eigenvalue weighted by molar-refractivity contribution is 5.45. The highest BCUT2D eigenvalue weighted by Gasteiger charge is 2.40. The normalized spacial score (nSPS) is 12.8. The van der Waals surface area contributed by atoms with Crippen LogP contribution in [0.2, 0.25) is 0 Å². The molecular formula is C22H22N4. The summed E-state index contributed by atoms with van der Waals surface area (Å²) in [5, 5.41) is 37.6. The Morgan fingerprint density at radius 3 is 2.19 bits per heavy atom. The van der Waals surface area contributed by atoms with Gasteiger partial charge in [-0.15, -0.1) is 0 Å². The molecule has 4 heteroatoms. The monoisotopic (exact) mass is 342 g/mol. The Hall–Kier alpha value is -3.34. The molecule has 0 heterocycles. The van der Waals surface area contributed by atoms with Gasteiger partial charge in [0.25, 0.3) is 0 Å². The lowest BCUT2D eigenvalue weighted by Crippen LogP contribution is -2.26. The summed E-state index contributed by atoms with van der Waals surface area (Å²) in [6.07, 6.45) is 7.25. The van der Waals surface area contributed by atoms with E-state index in [0.717, 1.165) is 18.4 Å². The Kier molecular flexibility index (Phi) is 8.37. The zero-order chi connectivity index (χ0) is 19.4. The molecule has 0 aromatic heterocycles. The van der Waals surface area contributed by atoms with E-state index in [1.54, 1.807) is 12.2 Å². The summed E-state index contributed by atoms with van der Waals surface area (Å²) in [7, 11) is 0. The van der Waals surface area contributed by atoms with E-state index in [4.69, 9.17) is 10.5 Å². The minimum atomic E-state index is -1.33. The molecule has 0 fully saturated rings. The van der Waals surface area contributed by atoms with E-state index in [0.29, 0.717) is 5.57 Å². The molecule has 1 atom stereocenters. The Morgan fingerprint density at radius 2 is 1.69 bits per heavy atom. The lowest BCUT2D eigenvalue weighted by Gasteiger charge is -2.28. The van der Waals surface area contributed by atoms with Crippen molar-refractivity contribution in [3.05, 3.63) is 59.7 Å². The van der Waals surface area contributed by atoms with Crippen molar-refractivity contribution in [1.82, 2.24) is 0 Å². The maximum Gasteiger partial charge on any atom is 0.174 e. The van der Waals surface area contributed by atoms with Gasteiger partial charge < -0.3 is 0 Å². The van der Waals surface area contributed by atoms with Gasteiger partial charge >= 0.3 is 0 Å². The fraction of sp³-hybridized carbons (Fsp3) is 0.364. The summed E-state index contributed by atoms with van der Waals surface area (Å²) in [6, 6.07) is 17.8. The first kappa shape index (κ1) is 20.7. The van der Waals surface area contributed by atoms with E-state index in [1.807, 2.05) is 62.4 Å². The van der Waals surface area contributed by atoms with E-state index < -0.39 is 11.3 Å². The van der Waals surface area contributed by atoms with E-state index in [-0.39, 0.29) is 12.3 Å². The molecule has 4 nitrogen and oxygen atoms in total. The second-order valence-electron chi connectivity index (χ2n) is 6.06. The van der Waals surface area contributed by atoms with Gasteiger partial charge in [0.2, 0.25) is 0 Å². The molecule has 1 unspecified atom stereocenters. The van der Waals surface area contributed by atoms with Gasteiger partial charge in [-0.25, -0.2) is 0 Å². The third kappa shape index (κ3) is 4.83. The first-order valence-electron chi connectivity index (χ1n) is 8.63. The van der Waals surface area contributed by atoms with Crippen molar-refractivity contribution < 1.29 is 0 Å². The van der Waals surface area contributed by atoms with E-state index in [2.05, 4.69) is 12.1 Å². The highest BCUT2D eigenvalue weighted by atomic mass is 14.5. The Morgan fingerprint density at radius 1 is 1.08 bits per heavy atom. The first-order chi connectivity index (χ1) is 12.6. The maximum absolute atomic E-state index is 9.93. The van der Waals surface area contributed by atoms with Crippen LogP contribution in [0.3, 0.4) is 0 Å². The summed E-state index contributed by atoms with van der Waals surface area (Å²) < 4.78 is 0. The molecule has 0 aliphatic heterocycles. The summed E-state index contributed by atoms with van der Waals surface area (Å²) in [6.45, 7) is 3.91. The van der Waals surface area contributed by atoms with Crippen LogP contribution < -0.4 is 0 Å². The molecule has 0 spiro atoms. The molecule has 0 saturated carbocycles. The van der Waals surface area contributed by atoms with Gasteiger partial charge in [-0.1, -0.05) is 68.8 Å². The smallest absolute Gasteiger partial charge is 0.174 e. The fourth-order valence-corrected chi connectivity index (χ4v) is 2.72. The molecule has 130 valence electrons. The quantitative estimate of drug-likeness (QED) is 0.609.